The van der Waals surface area contributed by atoms with Crippen molar-refractivity contribution in [3.8, 4) is 5.75 Å². The van der Waals surface area contributed by atoms with Gasteiger partial charge in [0.1, 0.15) is 11.8 Å². The molecule has 1 aromatic carbocycles. The van der Waals surface area contributed by atoms with Crippen LogP contribution in [0.3, 0.4) is 0 Å². The maximum atomic E-state index is 12.3. The molecule has 1 aliphatic rings. The standard InChI is InChI=1S/C14H19NO5S/c1-2-4-12(14(16)17)15-21(18,19)11-6-7-13-10(9-11)5-3-8-20-13/h6-7,9,12,15H,2-5,8H2,1H3,(H,16,17). The first kappa shape index (κ1) is 15.8. The maximum Gasteiger partial charge on any atom is 0.321 e. The van der Waals surface area contributed by atoms with Gasteiger partial charge in [-0.05, 0) is 43.0 Å². The van der Waals surface area contributed by atoms with Crippen molar-refractivity contribution < 1.29 is 23.1 Å². The molecule has 1 heterocycles. The number of fused-ring (bicyclic) bond motifs is 1. The molecule has 0 radical (unpaired) electrons. The first-order chi connectivity index (χ1) is 9.94. The summed E-state index contributed by atoms with van der Waals surface area (Å²) in [5.74, 6) is -0.467. The molecular weight excluding hydrogens is 294 g/mol. The number of nitrogens with one attached hydrogen (secondary N) is 1. The lowest BCUT2D eigenvalue weighted by molar-refractivity contribution is -0.139. The molecule has 0 fully saturated rings. The molecule has 0 aromatic heterocycles. The van der Waals surface area contributed by atoms with E-state index in [-0.39, 0.29) is 11.3 Å². The maximum absolute atomic E-state index is 12.3. The summed E-state index contributed by atoms with van der Waals surface area (Å²) >= 11 is 0. The van der Waals surface area contributed by atoms with Gasteiger partial charge in [0.05, 0.1) is 11.5 Å². The molecule has 1 aromatic rings. The van der Waals surface area contributed by atoms with Crippen LogP contribution in [0.25, 0.3) is 0 Å². The number of benzene rings is 1. The van der Waals surface area contributed by atoms with Crippen molar-refractivity contribution in [1.82, 2.24) is 4.72 Å². The van der Waals surface area contributed by atoms with Crippen LogP contribution in [0.5, 0.6) is 5.75 Å². The third-order valence-corrected chi connectivity index (χ3v) is 4.83. The van der Waals surface area contributed by atoms with E-state index in [0.29, 0.717) is 18.8 Å². The highest BCUT2D eigenvalue weighted by Gasteiger charge is 2.25. The lowest BCUT2D eigenvalue weighted by atomic mass is 10.1. The monoisotopic (exact) mass is 313 g/mol. The van der Waals surface area contributed by atoms with Crippen LogP contribution in [0.4, 0.5) is 0 Å². The topological polar surface area (TPSA) is 92.7 Å². The smallest absolute Gasteiger partial charge is 0.321 e. The van der Waals surface area contributed by atoms with Gasteiger partial charge in [0.2, 0.25) is 10.0 Å². The van der Waals surface area contributed by atoms with Crippen LogP contribution in [0.1, 0.15) is 31.7 Å². The van der Waals surface area contributed by atoms with Gasteiger partial charge in [0.15, 0.2) is 0 Å². The summed E-state index contributed by atoms with van der Waals surface area (Å²) in [6.07, 6.45) is 2.44. The lowest BCUT2D eigenvalue weighted by Gasteiger charge is -2.19. The molecule has 0 bridgehead atoms. The number of hydrogen-bond acceptors (Lipinski definition) is 4. The van der Waals surface area contributed by atoms with Gasteiger partial charge in [-0.25, -0.2) is 8.42 Å². The summed E-state index contributed by atoms with van der Waals surface area (Å²) in [5.41, 5.74) is 0.839. The van der Waals surface area contributed by atoms with Crippen LogP contribution < -0.4 is 9.46 Å². The highest BCUT2D eigenvalue weighted by molar-refractivity contribution is 7.89. The summed E-state index contributed by atoms with van der Waals surface area (Å²) in [7, 11) is -3.85. The molecule has 116 valence electrons. The highest BCUT2D eigenvalue weighted by Crippen LogP contribution is 2.27. The van der Waals surface area contributed by atoms with Crippen molar-refractivity contribution >= 4 is 16.0 Å². The normalized spacial score (nSPS) is 15.9. The Morgan fingerprint density at radius 2 is 2.24 bits per heavy atom. The van der Waals surface area contributed by atoms with Crippen LogP contribution in [0, 0.1) is 0 Å². The minimum Gasteiger partial charge on any atom is -0.493 e. The Morgan fingerprint density at radius 3 is 2.90 bits per heavy atom. The molecule has 21 heavy (non-hydrogen) atoms. The molecule has 7 heteroatoms. The van der Waals surface area contributed by atoms with Gasteiger partial charge in [-0.2, -0.15) is 4.72 Å². The van der Waals surface area contributed by atoms with Crippen molar-refractivity contribution in [2.24, 2.45) is 0 Å². The zero-order valence-electron chi connectivity index (χ0n) is 11.8. The summed E-state index contributed by atoms with van der Waals surface area (Å²) < 4.78 is 32.3. The highest BCUT2D eigenvalue weighted by atomic mass is 32.2. The Balaban J connectivity index is 2.24. The Bertz CT molecular complexity index is 626. The number of aryl methyl sites for hydroxylation is 1. The molecule has 2 rings (SSSR count). The minimum atomic E-state index is -3.85. The molecule has 0 spiro atoms. The number of rotatable bonds is 6. The van der Waals surface area contributed by atoms with Crippen LogP contribution in [0.15, 0.2) is 23.1 Å². The first-order valence-corrected chi connectivity index (χ1v) is 8.43. The van der Waals surface area contributed by atoms with E-state index in [9.17, 15) is 13.2 Å². The van der Waals surface area contributed by atoms with Gasteiger partial charge >= 0.3 is 5.97 Å². The summed E-state index contributed by atoms with van der Waals surface area (Å²) in [4.78, 5) is 11.2. The van der Waals surface area contributed by atoms with Crippen LogP contribution in [-0.2, 0) is 21.2 Å². The van der Waals surface area contributed by atoms with Gasteiger partial charge in [0, 0.05) is 0 Å². The number of aliphatic carboxylic acids is 1. The van der Waals surface area contributed by atoms with E-state index >= 15 is 0 Å². The number of carboxylic acid groups (broad SMARTS) is 1. The second kappa shape index (κ2) is 6.44. The van der Waals surface area contributed by atoms with Gasteiger partial charge in [-0.3, -0.25) is 4.79 Å². The van der Waals surface area contributed by atoms with Crippen molar-refractivity contribution in [3.05, 3.63) is 23.8 Å². The van der Waals surface area contributed by atoms with E-state index in [1.54, 1.807) is 19.1 Å². The predicted molar refractivity (Wildman–Crippen MR) is 76.9 cm³/mol. The number of carboxylic acids is 1. The molecule has 0 saturated carbocycles. The Morgan fingerprint density at radius 1 is 1.48 bits per heavy atom. The second-order valence-electron chi connectivity index (χ2n) is 5.02. The molecule has 0 amide bonds. The van der Waals surface area contributed by atoms with E-state index in [1.807, 2.05) is 0 Å². The van der Waals surface area contributed by atoms with Gasteiger partial charge in [0.25, 0.3) is 0 Å². The zero-order valence-corrected chi connectivity index (χ0v) is 12.6. The van der Waals surface area contributed by atoms with Crippen LogP contribution >= 0.6 is 0 Å². The van der Waals surface area contributed by atoms with Crippen molar-refractivity contribution in [1.29, 1.82) is 0 Å². The first-order valence-electron chi connectivity index (χ1n) is 6.95. The number of sulfonamides is 1. The molecule has 1 aliphatic heterocycles. The van der Waals surface area contributed by atoms with Crippen molar-refractivity contribution in [2.45, 2.75) is 43.5 Å². The number of ether oxygens (including phenoxy) is 1. The molecule has 6 nitrogen and oxygen atoms in total. The number of hydrogen-bond donors (Lipinski definition) is 2. The fourth-order valence-electron chi connectivity index (χ4n) is 2.28. The second-order valence-corrected chi connectivity index (χ2v) is 6.74. The molecule has 0 saturated heterocycles. The van der Waals surface area contributed by atoms with E-state index in [4.69, 9.17) is 9.84 Å². The Labute approximate surface area is 124 Å². The Hall–Kier alpha value is -1.60. The van der Waals surface area contributed by atoms with E-state index in [2.05, 4.69) is 4.72 Å². The van der Waals surface area contributed by atoms with Gasteiger partial charge in [-0.15, -0.1) is 0 Å². The molecule has 2 N–H and O–H groups in total. The average Bonchev–Trinajstić information content (AvgIpc) is 2.46. The fourth-order valence-corrected chi connectivity index (χ4v) is 3.55. The summed E-state index contributed by atoms with van der Waals surface area (Å²) in [6, 6.07) is 3.52. The van der Waals surface area contributed by atoms with Gasteiger partial charge in [-0.1, -0.05) is 13.3 Å². The largest absolute Gasteiger partial charge is 0.493 e. The van der Waals surface area contributed by atoms with Crippen molar-refractivity contribution in [3.63, 3.8) is 0 Å². The molecular formula is C14H19NO5S. The van der Waals surface area contributed by atoms with E-state index in [1.165, 1.54) is 6.07 Å². The fraction of sp³-hybridized carbons (Fsp3) is 0.500. The summed E-state index contributed by atoms with van der Waals surface area (Å²) in [5, 5.41) is 9.06. The average molecular weight is 313 g/mol. The lowest BCUT2D eigenvalue weighted by Crippen LogP contribution is -2.40. The molecule has 0 aliphatic carbocycles. The quantitative estimate of drug-likeness (QED) is 0.831. The van der Waals surface area contributed by atoms with Gasteiger partial charge < -0.3 is 9.84 Å². The van der Waals surface area contributed by atoms with Crippen molar-refractivity contribution in [2.75, 3.05) is 6.61 Å². The van der Waals surface area contributed by atoms with E-state index < -0.39 is 22.0 Å². The summed E-state index contributed by atoms with van der Waals surface area (Å²) in [6.45, 7) is 2.44. The minimum absolute atomic E-state index is 0.0779. The molecule has 1 unspecified atom stereocenters. The molecule has 1 atom stereocenters. The van der Waals surface area contributed by atoms with E-state index in [0.717, 1.165) is 18.4 Å². The SMILES string of the molecule is CCCC(NS(=O)(=O)c1ccc2c(c1)CCCO2)C(=O)O. The third-order valence-electron chi connectivity index (χ3n) is 3.36. The number of carbonyl (C=O) groups is 1. The predicted octanol–water partition coefficient (Wildman–Crippen LogP) is 1.54. The zero-order chi connectivity index (χ0) is 15.5. The third kappa shape index (κ3) is 3.74. The van der Waals surface area contributed by atoms with Crippen LogP contribution in [0.2, 0.25) is 0 Å². The van der Waals surface area contributed by atoms with Crippen LogP contribution in [-0.4, -0.2) is 32.1 Å². The Kier molecular flexibility index (Phi) is 4.84.